The third-order valence-electron chi connectivity index (χ3n) is 1.60. The molecule has 0 unspecified atom stereocenters. The van der Waals surface area contributed by atoms with Gasteiger partial charge in [0.25, 0.3) is 6.43 Å². The largest absolute Gasteiger partial charge is 0.495 e. The summed E-state index contributed by atoms with van der Waals surface area (Å²) in [6.45, 7) is 0. The van der Waals surface area contributed by atoms with E-state index in [0.717, 1.165) is 6.20 Å². The average molecular weight is 315 g/mol. The smallest absolute Gasteiger partial charge is 0.268 e. The third-order valence-corrected chi connectivity index (χ3v) is 2.55. The summed E-state index contributed by atoms with van der Waals surface area (Å²) in [7, 11) is 2.76. The van der Waals surface area contributed by atoms with Crippen molar-refractivity contribution in [3.05, 3.63) is 15.3 Å². The molecule has 0 saturated heterocycles. The van der Waals surface area contributed by atoms with Gasteiger partial charge in [-0.25, -0.2) is 13.8 Å². The fraction of sp³-hybridized carbons (Fsp3) is 0.375. The lowest BCUT2D eigenvalue weighted by atomic mass is 10.2. The molecule has 3 nitrogen and oxygen atoms in total. The Kier molecular flexibility index (Phi) is 3.85. The van der Waals surface area contributed by atoms with Gasteiger partial charge < -0.3 is 9.47 Å². The minimum Gasteiger partial charge on any atom is -0.495 e. The molecular formula is C8H8F2INO2. The predicted molar refractivity (Wildman–Crippen MR) is 55.0 cm³/mol. The standard InChI is InChI=1S/C8H8F2INO2/c1-13-6-4(7(9)10)3-12-8(14-2)5(6)11/h3,7H,1-2H3. The molecule has 6 heteroatoms. The number of alkyl halides is 2. The third kappa shape index (κ3) is 2.05. The van der Waals surface area contributed by atoms with Crippen molar-refractivity contribution in [2.45, 2.75) is 6.43 Å². The Hall–Kier alpha value is -0.660. The highest BCUT2D eigenvalue weighted by Crippen LogP contribution is 2.36. The van der Waals surface area contributed by atoms with Crippen LogP contribution in [0.3, 0.4) is 0 Å². The first-order valence-electron chi connectivity index (χ1n) is 3.66. The van der Waals surface area contributed by atoms with Crippen molar-refractivity contribution in [1.29, 1.82) is 0 Å². The average Bonchev–Trinajstić information content (AvgIpc) is 2.17. The van der Waals surface area contributed by atoms with Crippen LogP contribution in [-0.2, 0) is 0 Å². The van der Waals surface area contributed by atoms with E-state index in [4.69, 9.17) is 9.47 Å². The van der Waals surface area contributed by atoms with Crippen molar-refractivity contribution < 1.29 is 18.3 Å². The molecule has 14 heavy (non-hydrogen) atoms. The quantitative estimate of drug-likeness (QED) is 0.804. The fourth-order valence-electron chi connectivity index (χ4n) is 0.973. The van der Waals surface area contributed by atoms with Crippen molar-refractivity contribution >= 4 is 22.6 Å². The highest BCUT2D eigenvalue weighted by molar-refractivity contribution is 14.1. The minimum atomic E-state index is -2.60. The van der Waals surface area contributed by atoms with Gasteiger partial charge in [-0.2, -0.15) is 0 Å². The number of hydrogen-bond acceptors (Lipinski definition) is 3. The molecule has 1 aromatic rings. The Morgan fingerprint density at radius 3 is 2.43 bits per heavy atom. The summed E-state index contributed by atoms with van der Waals surface area (Å²) in [6, 6.07) is 0. The van der Waals surface area contributed by atoms with E-state index in [1.807, 2.05) is 22.6 Å². The number of pyridine rings is 1. The van der Waals surface area contributed by atoms with Crippen molar-refractivity contribution in [3.63, 3.8) is 0 Å². The predicted octanol–water partition coefficient (Wildman–Crippen LogP) is 2.64. The van der Waals surface area contributed by atoms with Crippen molar-refractivity contribution in [3.8, 4) is 11.6 Å². The van der Waals surface area contributed by atoms with Gasteiger partial charge in [-0.15, -0.1) is 0 Å². The van der Waals surface area contributed by atoms with E-state index in [9.17, 15) is 8.78 Å². The van der Waals surface area contributed by atoms with Crippen molar-refractivity contribution in [2.24, 2.45) is 0 Å². The van der Waals surface area contributed by atoms with Crippen molar-refractivity contribution in [2.75, 3.05) is 14.2 Å². The molecule has 0 spiro atoms. The monoisotopic (exact) mass is 315 g/mol. The van der Waals surface area contributed by atoms with Gasteiger partial charge >= 0.3 is 0 Å². The first-order chi connectivity index (χ1) is 6.61. The number of nitrogens with zero attached hydrogens (tertiary/aromatic N) is 1. The maximum atomic E-state index is 12.5. The highest BCUT2D eigenvalue weighted by atomic mass is 127. The molecule has 0 fully saturated rings. The second-order valence-corrected chi connectivity index (χ2v) is 3.45. The SMILES string of the molecule is COc1ncc(C(F)F)c(OC)c1I. The Morgan fingerprint density at radius 2 is 2.00 bits per heavy atom. The summed E-state index contributed by atoms with van der Waals surface area (Å²) in [5.41, 5.74) is -0.224. The zero-order chi connectivity index (χ0) is 10.7. The zero-order valence-electron chi connectivity index (χ0n) is 7.55. The normalized spacial score (nSPS) is 10.4. The van der Waals surface area contributed by atoms with Gasteiger partial charge in [-0.1, -0.05) is 0 Å². The fourth-order valence-corrected chi connectivity index (χ4v) is 1.86. The molecule has 0 aliphatic heterocycles. The second kappa shape index (κ2) is 4.72. The highest BCUT2D eigenvalue weighted by Gasteiger charge is 2.20. The first-order valence-corrected chi connectivity index (χ1v) is 4.74. The van der Waals surface area contributed by atoms with E-state index in [2.05, 4.69) is 4.98 Å². The van der Waals surface area contributed by atoms with E-state index in [1.165, 1.54) is 14.2 Å². The molecule has 0 bridgehead atoms. The van der Waals surface area contributed by atoms with Crippen LogP contribution in [0.15, 0.2) is 6.20 Å². The molecule has 0 aliphatic carbocycles. The van der Waals surface area contributed by atoms with Gasteiger partial charge in [0.15, 0.2) is 0 Å². The van der Waals surface area contributed by atoms with Gasteiger partial charge in [-0.3, -0.25) is 0 Å². The topological polar surface area (TPSA) is 31.4 Å². The van der Waals surface area contributed by atoms with Crippen LogP contribution in [-0.4, -0.2) is 19.2 Å². The van der Waals surface area contributed by atoms with Crippen LogP contribution in [0.25, 0.3) is 0 Å². The minimum absolute atomic E-state index is 0.118. The lowest BCUT2D eigenvalue weighted by Crippen LogP contribution is -2.00. The van der Waals surface area contributed by atoms with Crippen LogP contribution in [0.2, 0.25) is 0 Å². The Bertz CT molecular complexity index is 333. The molecule has 0 atom stereocenters. The Morgan fingerprint density at radius 1 is 1.36 bits per heavy atom. The summed E-state index contributed by atoms with van der Waals surface area (Å²) in [6.07, 6.45) is -1.54. The summed E-state index contributed by atoms with van der Waals surface area (Å²) in [4.78, 5) is 3.74. The molecule has 1 aromatic heterocycles. The van der Waals surface area contributed by atoms with Gasteiger partial charge in [0, 0.05) is 6.20 Å². The maximum Gasteiger partial charge on any atom is 0.268 e. The molecule has 0 saturated carbocycles. The molecule has 0 radical (unpaired) electrons. The molecular weight excluding hydrogens is 307 g/mol. The number of methoxy groups -OCH3 is 2. The van der Waals surface area contributed by atoms with Crippen LogP contribution in [0.1, 0.15) is 12.0 Å². The Balaban J connectivity index is 3.28. The Labute approximate surface area is 93.6 Å². The van der Waals surface area contributed by atoms with Gasteiger partial charge in [-0.05, 0) is 22.6 Å². The lowest BCUT2D eigenvalue weighted by molar-refractivity contribution is 0.146. The molecule has 0 N–H and O–H groups in total. The van der Waals surface area contributed by atoms with E-state index in [0.29, 0.717) is 3.57 Å². The van der Waals surface area contributed by atoms with Crippen LogP contribution < -0.4 is 9.47 Å². The van der Waals surface area contributed by atoms with Crippen LogP contribution >= 0.6 is 22.6 Å². The number of hydrogen-bond donors (Lipinski definition) is 0. The molecule has 1 heterocycles. The molecule has 78 valence electrons. The summed E-state index contributed by atoms with van der Waals surface area (Å²) in [5.74, 6) is 0.402. The van der Waals surface area contributed by atoms with Gasteiger partial charge in [0.05, 0.1) is 19.8 Å². The first kappa shape index (κ1) is 11.4. The molecule has 1 rings (SSSR count). The van der Waals surface area contributed by atoms with Crippen molar-refractivity contribution in [1.82, 2.24) is 4.98 Å². The van der Waals surface area contributed by atoms with Crippen LogP contribution in [0.4, 0.5) is 8.78 Å². The molecule has 0 aliphatic rings. The molecule has 0 aromatic carbocycles. The zero-order valence-corrected chi connectivity index (χ0v) is 9.71. The van der Waals surface area contributed by atoms with Gasteiger partial charge in [0.1, 0.15) is 9.32 Å². The van der Waals surface area contributed by atoms with Gasteiger partial charge in [0.2, 0.25) is 5.88 Å². The maximum absolute atomic E-state index is 12.5. The summed E-state index contributed by atoms with van der Waals surface area (Å²) >= 11 is 1.85. The number of aromatic nitrogens is 1. The van der Waals surface area contributed by atoms with Crippen LogP contribution in [0, 0.1) is 3.57 Å². The van der Waals surface area contributed by atoms with E-state index < -0.39 is 6.43 Å². The lowest BCUT2D eigenvalue weighted by Gasteiger charge is -2.11. The molecule has 0 amide bonds. The summed E-state index contributed by atoms with van der Waals surface area (Å²) in [5, 5.41) is 0. The summed E-state index contributed by atoms with van der Waals surface area (Å²) < 4.78 is 35.1. The van der Waals surface area contributed by atoms with E-state index >= 15 is 0 Å². The number of halogens is 3. The van der Waals surface area contributed by atoms with E-state index in [1.54, 1.807) is 0 Å². The number of ether oxygens (including phenoxy) is 2. The second-order valence-electron chi connectivity index (χ2n) is 2.37. The van der Waals surface area contributed by atoms with E-state index in [-0.39, 0.29) is 17.2 Å². The number of rotatable bonds is 3. The van der Waals surface area contributed by atoms with Crippen LogP contribution in [0.5, 0.6) is 11.6 Å².